The maximum Gasteiger partial charge on any atom is 0.119 e. The van der Waals surface area contributed by atoms with Crippen LogP contribution < -0.4 is 4.74 Å². The van der Waals surface area contributed by atoms with E-state index in [0.717, 1.165) is 51.6 Å². The Bertz CT molecular complexity index is 1020. The molecule has 0 radical (unpaired) electrons. The Morgan fingerprint density at radius 2 is 1.51 bits per heavy atom. The van der Waals surface area contributed by atoms with Crippen LogP contribution in [0.25, 0.3) is 5.57 Å². The summed E-state index contributed by atoms with van der Waals surface area (Å²) in [6.07, 6.45) is 2.41. The lowest BCUT2D eigenvalue weighted by Gasteiger charge is -2.35. The Balaban J connectivity index is 1.59. The summed E-state index contributed by atoms with van der Waals surface area (Å²) < 4.78 is 5.52. The lowest BCUT2D eigenvalue weighted by molar-refractivity contribution is 0.127. The van der Waals surface area contributed by atoms with Gasteiger partial charge in [0.25, 0.3) is 0 Å². The molecule has 1 atom stereocenters. The molecule has 4 heteroatoms. The number of piperazine rings is 1. The van der Waals surface area contributed by atoms with Gasteiger partial charge in [-0.05, 0) is 48.4 Å². The number of rotatable bonds is 10. The summed E-state index contributed by atoms with van der Waals surface area (Å²) in [5, 5.41) is 0. The van der Waals surface area contributed by atoms with Crippen LogP contribution in [-0.4, -0.2) is 74.7 Å². The standard InChI is InChI=1S/C31H39N3O/c1-26(29-15-10-16-30(25-29)35-3)34(24-23-33-21-19-32(2)20-22-33)18-17-31(27-11-6-4-7-12-27)28-13-8-5-9-14-28/h4-17,25-26H,18-24H2,1-3H3/t26-/m1/s1. The van der Waals surface area contributed by atoms with Crippen molar-refractivity contribution in [2.24, 2.45) is 0 Å². The molecule has 0 bridgehead atoms. The lowest BCUT2D eigenvalue weighted by Crippen LogP contribution is -2.47. The summed E-state index contributed by atoms with van der Waals surface area (Å²) in [6, 6.07) is 30.3. The van der Waals surface area contributed by atoms with Crippen molar-refractivity contribution in [2.75, 3.05) is 60.0 Å². The van der Waals surface area contributed by atoms with Crippen LogP contribution in [0.5, 0.6) is 5.75 Å². The van der Waals surface area contributed by atoms with Crippen LogP contribution in [0, 0.1) is 0 Å². The molecule has 1 aliphatic rings. The van der Waals surface area contributed by atoms with Crippen LogP contribution in [0.1, 0.15) is 29.7 Å². The molecule has 0 aliphatic carbocycles. The first-order valence-corrected chi connectivity index (χ1v) is 12.7. The van der Waals surface area contributed by atoms with Gasteiger partial charge in [-0.2, -0.15) is 0 Å². The maximum atomic E-state index is 5.52. The molecule has 0 N–H and O–H groups in total. The van der Waals surface area contributed by atoms with Crippen molar-refractivity contribution in [1.82, 2.24) is 14.7 Å². The van der Waals surface area contributed by atoms with Crippen molar-refractivity contribution < 1.29 is 4.74 Å². The highest BCUT2D eigenvalue weighted by molar-refractivity contribution is 5.79. The van der Waals surface area contributed by atoms with Gasteiger partial charge in [-0.1, -0.05) is 78.9 Å². The first-order chi connectivity index (χ1) is 17.1. The monoisotopic (exact) mass is 469 g/mol. The zero-order chi connectivity index (χ0) is 24.5. The van der Waals surface area contributed by atoms with E-state index >= 15 is 0 Å². The van der Waals surface area contributed by atoms with Crippen molar-refractivity contribution in [3.63, 3.8) is 0 Å². The topological polar surface area (TPSA) is 19.0 Å². The van der Waals surface area contributed by atoms with Gasteiger partial charge in [0.15, 0.2) is 0 Å². The molecule has 4 nitrogen and oxygen atoms in total. The molecule has 1 fully saturated rings. The molecule has 1 heterocycles. The third-order valence-electron chi connectivity index (χ3n) is 7.12. The fraction of sp³-hybridized carbons (Fsp3) is 0.355. The molecule has 3 aromatic carbocycles. The Labute approximate surface area is 211 Å². The minimum Gasteiger partial charge on any atom is -0.497 e. The van der Waals surface area contributed by atoms with Crippen molar-refractivity contribution in [3.8, 4) is 5.75 Å². The predicted molar refractivity (Wildman–Crippen MR) is 147 cm³/mol. The quantitative estimate of drug-likeness (QED) is 0.394. The fourth-order valence-electron chi connectivity index (χ4n) is 4.74. The summed E-state index contributed by atoms with van der Waals surface area (Å²) in [4.78, 5) is 7.62. The first-order valence-electron chi connectivity index (χ1n) is 12.7. The molecule has 0 saturated carbocycles. The highest BCUT2D eigenvalue weighted by atomic mass is 16.5. The van der Waals surface area contributed by atoms with E-state index in [1.54, 1.807) is 7.11 Å². The van der Waals surface area contributed by atoms with Gasteiger partial charge in [0.2, 0.25) is 0 Å². The summed E-state index contributed by atoms with van der Waals surface area (Å²) >= 11 is 0. The molecule has 4 rings (SSSR count). The molecular weight excluding hydrogens is 430 g/mol. The Kier molecular flexibility index (Phi) is 9.13. The van der Waals surface area contributed by atoms with Crippen LogP contribution in [0.15, 0.2) is 91.0 Å². The van der Waals surface area contributed by atoms with Crippen molar-refractivity contribution in [1.29, 1.82) is 0 Å². The Morgan fingerprint density at radius 1 is 0.886 bits per heavy atom. The van der Waals surface area contributed by atoms with E-state index in [-0.39, 0.29) is 6.04 Å². The van der Waals surface area contributed by atoms with Crippen LogP contribution in [0.2, 0.25) is 0 Å². The zero-order valence-electron chi connectivity index (χ0n) is 21.4. The van der Waals surface area contributed by atoms with Gasteiger partial charge in [-0.3, -0.25) is 9.80 Å². The Morgan fingerprint density at radius 3 is 2.11 bits per heavy atom. The van der Waals surface area contributed by atoms with Gasteiger partial charge in [-0.15, -0.1) is 0 Å². The molecule has 35 heavy (non-hydrogen) atoms. The number of likely N-dealkylation sites (N-methyl/N-ethyl adjacent to an activating group) is 1. The van der Waals surface area contributed by atoms with E-state index in [4.69, 9.17) is 4.74 Å². The van der Waals surface area contributed by atoms with E-state index in [2.05, 4.69) is 114 Å². The van der Waals surface area contributed by atoms with Gasteiger partial charge in [0.1, 0.15) is 5.75 Å². The van der Waals surface area contributed by atoms with Gasteiger partial charge in [0.05, 0.1) is 7.11 Å². The van der Waals surface area contributed by atoms with Gasteiger partial charge in [0, 0.05) is 51.9 Å². The second-order valence-electron chi connectivity index (χ2n) is 9.44. The van der Waals surface area contributed by atoms with Crippen LogP contribution in [0.4, 0.5) is 0 Å². The largest absolute Gasteiger partial charge is 0.497 e. The van der Waals surface area contributed by atoms with E-state index in [0.29, 0.717) is 0 Å². The van der Waals surface area contributed by atoms with Gasteiger partial charge in [-0.25, -0.2) is 0 Å². The van der Waals surface area contributed by atoms with Crippen molar-refractivity contribution in [3.05, 3.63) is 108 Å². The number of nitrogens with zero attached hydrogens (tertiary/aromatic N) is 3. The SMILES string of the molecule is COc1cccc([C@@H](C)N(CC=C(c2ccccc2)c2ccccc2)CCN2CCN(C)CC2)c1. The predicted octanol–water partition coefficient (Wildman–Crippen LogP) is 5.44. The molecule has 0 spiro atoms. The number of methoxy groups -OCH3 is 1. The summed E-state index contributed by atoms with van der Waals surface area (Å²) in [5.41, 5.74) is 5.09. The van der Waals surface area contributed by atoms with Crippen LogP contribution in [0.3, 0.4) is 0 Å². The minimum atomic E-state index is 0.279. The van der Waals surface area contributed by atoms with E-state index in [1.165, 1.54) is 22.3 Å². The third kappa shape index (κ3) is 7.04. The number of hydrogen-bond donors (Lipinski definition) is 0. The molecule has 0 aromatic heterocycles. The van der Waals surface area contributed by atoms with E-state index in [1.807, 2.05) is 6.07 Å². The van der Waals surface area contributed by atoms with E-state index < -0.39 is 0 Å². The third-order valence-corrected chi connectivity index (χ3v) is 7.12. The first kappa shape index (κ1) is 25.2. The molecule has 3 aromatic rings. The van der Waals surface area contributed by atoms with Crippen LogP contribution in [-0.2, 0) is 0 Å². The fourth-order valence-corrected chi connectivity index (χ4v) is 4.74. The summed E-state index contributed by atoms with van der Waals surface area (Å²) in [7, 11) is 3.96. The number of benzene rings is 3. The average molecular weight is 470 g/mol. The Hall–Kier alpha value is -2.92. The molecule has 1 saturated heterocycles. The normalized spacial score (nSPS) is 15.7. The minimum absolute atomic E-state index is 0.279. The maximum absolute atomic E-state index is 5.52. The second-order valence-corrected chi connectivity index (χ2v) is 9.44. The summed E-state index contributed by atoms with van der Waals surface area (Å²) in [6.45, 7) is 9.90. The molecule has 1 aliphatic heterocycles. The number of hydrogen-bond acceptors (Lipinski definition) is 4. The molecule has 0 unspecified atom stereocenters. The van der Waals surface area contributed by atoms with Crippen molar-refractivity contribution in [2.45, 2.75) is 13.0 Å². The van der Waals surface area contributed by atoms with E-state index in [9.17, 15) is 0 Å². The second kappa shape index (κ2) is 12.7. The number of ether oxygens (including phenoxy) is 1. The smallest absolute Gasteiger partial charge is 0.119 e. The average Bonchev–Trinajstić information content (AvgIpc) is 2.92. The highest BCUT2D eigenvalue weighted by Crippen LogP contribution is 2.27. The zero-order valence-corrected chi connectivity index (χ0v) is 21.4. The molecule has 184 valence electrons. The molecular formula is C31H39N3O. The van der Waals surface area contributed by atoms with Crippen molar-refractivity contribution >= 4 is 5.57 Å². The summed E-state index contributed by atoms with van der Waals surface area (Å²) in [5.74, 6) is 0.915. The van der Waals surface area contributed by atoms with Gasteiger partial charge >= 0.3 is 0 Å². The lowest BCUT2D eigenvalue weighted by atomic mass is 9.97. The molecule has 0 amide bonds. The van der Waals surface area contributed by atoms with Crippen LogP contribution >= 0.6 is 0 Å². The van der Waals surface area contributed by atoms with Gasteiger partial charge < -0.3 is 9.64 Å². The highest BCUT2D eigenvalue weighted by Gasteiger charge is 2.19.